The van der Waals surface area contributed by atoms with E-state index in [-0.39, 0.29) is 5.57 Å². The lowest BCUT2D eigenvalue weighted by Crippen LogP contribution is -2.54. The SMILES string of the molecule is CCc1ccc(N2C(=O)NC(=O)/C(=C/c3cccn3Cc3ccccc3Cl)C2=O)cc1. The van der Waals surface area contributed by atoms with Crippen molar-refractivity contribution in [2.24, 2.45) is 0 Å². The highest BCUT2D eigenvalue weighted by Gasteiger charge is 2.36. The number of rotatable bonds is 5. The topological polar surface area (TPSA) is 71.4 Å². The fourth-order valence-electron chi connectivity index (χ4n) is 3.43. The minimum absolute atomic E-state index is 0.113. The van der Waals surface area contributed by atoms with Gasteiger partial charge in [-0.3, -0.25) is 14.9 Å². The molecule has 3 aromatic rings. The van der Waals surface area contributed by atoms with Gasteiger partial charge in [-0.1, -0.05) is 48.9 Å². The molecule has 1 N–H and O–H groups in total. The largest absolute Gasteiger partial charge is 0.343 e. The second-order valence-electron chi connectivity index (χ2n) is 7.13. The summed E-state index contributed by atoms with van der Waals surface area (Å²) in [4.78, 5) is 38.9. The van der Waals surface area contributed by atoms with E-state index in [0.29, 0.717) is 22.9 Å². The van der Waals surface area contributed by atoms with Crippen molar-refractivity contribution < 1.29 is 14.4 Å². The van der Waals surface area contributed by atoms with Gasteiger partial charge in [0.05, 0.1) is 5.69 Å². The van der Waals surface area contributed by atoms with Gasteiger partial charge in [-0.15, -0.1) is 0 Å². The second kappa shape index (κ2) is 8.62. The van der Waals surface area contributed by atoms with Crippen LogP contribution in [0, 0.1) is 0 Å². The first kappa shape index (κ1) is 20.6. The number of halogens is 1. The lowest BCUT2D eigenvalue weighted by molar-refractivity contribution is -0.122. The number of nitrogens with zero attached hydrogens (tertiary/aromatic N) is 2. The van der Waals surface area contributed by atoms with Crippen LogP contribution in [0.3, 0.4) is 0 Å². The van der Waals surface area contributed by atoms with Crippen LogP contribution in [0.4, 0.5) is 10.5 Å². The van der Waals surface area contributed by atoms with Gasteiger partial charge in [0.15, 0.2) is 0 Å². The summed E-state index contributed by atoms with van der Waals surface area (Å²) in [5, 5.41) is 2.89. The van der Waals surface area contributed by atoms with Crippen molar-refractivity contribution in [1.29, 1.82) is 0 Å². The minimum atomic E-state index is -0.761. The van der Waals surface area contributed by atoms with E-state index in [1.165, 1.54) is 6.08 Å². The first-order chi connectivity index (χ1) is 15.0. The Morgan fingerprint density at radius 1 is 0.968 bits per heavy atom. The maximum absolute atomic E-state index is 13.1. The van der Waals surface area contributed by atoms with Crippen LogP contribution in [0.2, 0.25) is 5.02 Å². The van der Waals surface area contributed by atoms with Gasteiger partial charge >= 0.3 is 6.03 Å². The molecule has 0 radical (unpaired) electrons. The highest BCUT2D eigenvalue weighted by atomic mass is 35.5. The molecular formula is C24H20ClN3O3. The molecule has 0 saturated carbocycles. The normalized spacial score (nSPS) is 15.5. The van der Waals surface area contributed by atoms with Gasteiger partial charge < -0.3 is 4.57 Å². The van der Waals surface area contributed by atoms with Crippen molar-refractivity contribution >= 4 is 41.2 Å². The summed E-state index contributed by atoms with van der Waals surface area (Å²) in [6.45, 7) is 2.49. The molecule has 31 heavy (non-hydrogen) atoms. The lowest BCUT2D eigenvalue weighted by Gasteiger charge is -2.26. The smallest absolute Gasteiger partial charge is 0.335 e. The summed E-state index contributed by atoms with van der Waals surface area (Å²) < 4.78 is 1.88. The number of aryl methyl sites for hydroxylation is 1. The molecule has 6 nitrogen and oxygen atoms in total. The maximum Gasteiger partial charge on any atom is 0.335 e. The van der Waals surface area contributed by atoms with Crippen LogP contribution in [0.5, 0.6) is 0 Å². The molecule has 1 aromatic heterocycles. The van der Waals surface area contributed by atoms with Gasteiger partial charge in [-0.25, -0.2) is 9.69 Å². The number of carbonyl (C=O) groups excluding carboxylic acids is 3. The first-order valence-corrected chi connectivity index (χ1v) is 10.2. The standard InChI is InChI=1S/C24H20ClN3O3/c1-2-16-9-11-18(12-10-16)28-23(30)20(22(29)26-24(28)31)14-19-7-5-13-27(19)15-17-6-3-4-8-21(17)25/h3-14H,2,15H2,1H3,(H,26,29,31)/b20-14-. The Labute approximate surface area is 184 Å². The Kier molecular flexibility index (Phi) is 5.73. The Balaban J connectivity index is 1.66. The third kappa shape index (κ3) is 4.15. The van der Waals surface area contributed by atoms with Gasteiger partial charge in [0.2, 0.25) is 0 Å². The molecule has 4 amide bonds. The van der Waals surface area contributed by atoms with Gasteiger partial charge in [0.1, 0.15) is 5.57 Å². The molecule has 0 atom stereocenters. The average molecular weight is 434 g/mol. The molecule has 1 fully saturated rings. The Hall–Kier alpha value is -3.64. The van der Waals surface area contributed by atoms with Crippen molar-refractivity contribution in [3.63, 3.8) is 0 Å². The third-order valence-corrected chi connectivity index (χ3v) is 5.53. The maximum atomic E-state index is 13.1. The highest BCUT2D eigenvalue weighted by Crippen LogP contribution is 2.23. The van der Waals surface area contributed by atoms with E-state index >= 15 is 0 Å². The first-order valence-electron chi connectivity index (χ1n) is 9.87. The van der Waals surface area contributed by atoms with E-state index in [2.05, 4.69) is 5.32 Å². The number of nitrogens with one attached hydrogen (secondary N) is 1. The molecule has 156 valence electrons. The van der Waals surface area contributed by atoms with Crippen LogP contribution in [0.15, 0.2) is 72.4 Å². The van der Waals surface area contributed by atoms with E-state index < -0.39 is 17.8 Å². The number of hydrogen-bond acceptors (Lipinski definition) is 3. The number of hydrogen-bond donors (Lipinski definition) is 1. The molecular weight excluding hydrogens is 414 g/mol. The lowest BCUT2D eigenvalue weighted by atomic mass is 10.1. The second-order valence-corrected chi connectivity index (χ2v) is 7.54. The fourth-order valence-corrected chi connectivity index (χ4v) is 3.63. The molecule has 0 unspecified atom stereocenters. The molecule has 2 heterocycles. The Morgan fingerprint density at radius 2 is 1.71 bits per heavy atom. The zero-order chi connectivity index (χ0) is 22.0. The fraction of sp³-hybridized carbons (Fsp3) is 0.125. The summed E-state index contributed by atoms with van der Waals surface area (Å²) in [7, 11) is 0. The van der Waals surface area contributed by atoms with E-state index in [1.807, 2.05) is 60.2 Å². The average Bonchev–Trinajstić information content (AvgIpc) is 3.20. The number of benzene rings is 2. The Bertz CT molecular complexity index is 1190. The van der Waals surface area contributed by atoms with Crippen LogP contribution in [0.1, 0.15) is 23.7 Å². The predicted molar refractivity (Wildman–Crippen MR) is 120 cm³/mol. The molecule has 0 spiro atoms. The zero-order valence-electron chi connectivity index (χ0n) is 16.8. The summed E-state index contributed by atoms with van der Waals surface area (Å²) in [5.74, 6) is -1.38. The Morgan fingerprint density at radius 3 is 2.42 bits per heavy atom. The number of imide groups is 2. The van der Waals surface area contributed by atoms with Crippen LogP contribution >= 0.6 is 11.6 Å². The quantitative estimate of drug-likeness (QED) is 0.478. The van der Waals surface area contributed by atoms with Crippen LogP contribution < -0.4 is 10.2 Å². The van der Waals surface area contributed by atoms with E-state index in [1.54, 1.807) is 18.2 Å². The molecule has 0 aliphatic carbocycles. The summed E-state index contributed by atoms with van der Waals surface area (Å²) >= 11 is 6.27. The number of amides is 4. The predicted octanol–water partition coefficient (Wildman–Crippen LogP) is 4.42. The summed E-state index contributed by atoms with van der Waals surface area (Å²) in [6, 6.07) is 17.4. The van der Waals surface area contributed by atoms with E-state index in [9.17, 15) is 14.4 Å². The molecule has 4 rings (SSSR count). The monoisotopic (exact) mass is 433 g/mol. The third-order valence-electron chi connectivity index (χ3n) is 5.16. The molecule has 1 saturated heterocycles. The van der Waals surface area contributed by atoms with E-state index in [4.69, 9.17) is 11.6 Å². The van der Waals surface area contributed by atoms with Gasteiger partial charge in [-0.2, -0.15) is 0 Å². The van der Waals surface area contributed by atoms with Crippen molar-refractivity contribution in [3.8, 4) is 0 Å². The number of urea groups is 1. The van der Waals surface area contributed by atoms with Crippen LogP contribution in [0.25, 0.3) is 6.08 Å². The van der Waals surface area contributed by atoms with Crippen molar-refractivity contribution in [3.05, 3.63) is 94.3 Å². The summed E-state index contributed by atoms with van der Waals surface area (Å²) in [5.41, 5.74) is 2.93. The van der Waals surface area contributed by atoms with Crippen molar-refractivity contribution in [2.75, 3.05) is 4.90 Å². The van der Waals surface area contributed by atoms with E-state index in [0.717, 1.165) is 22.4 Å². The van der Waals surface area contributed by atoms with Gasteiger partial charge in [0, 0.05) is 23.5 Å². The molecule has 2 aromatic carbocycles. The zero-order valence-corrected chi connectivity index (χ0v) is 17.6. The van der Waals surface area contributed by atoms with Crippen LogP contribution in [-0.2, 0) is 22.6 Å². The molecule has 7 heteroatoms. The minimum Gasteiger partial charge on any atom is -0.343 e. The highest BCUT2D eigenvalue weighted by molar-refractivity contribution is 6.39. The molecule has 1 aliphatic heterocycles. The number of barbiturate groups is 1. The van der Waals surface area contributed by atoms with Crippen molar-refractivity contribution in [2.45, 2.75) is 19.9 Å². The summed E-state index contributed by atoms with van der Waals surface area (Å²) in [6.07, 6.45) is 4.17. The number of anilines is 1. The van der Waals surface area contributed by atoms with Gasteiger partial charge in [0.25, 0.3) is 11.8 Å². The number of carbonyl (C=O) groups is 3. The van der Waals surface area contributed by atoms with Crippen LogP contribution in [-0.4, -0.2) is 22.4 Å². The van der Waals surface area contributed by atoms with Crippen molar-refractivity contribution in [1.82, 2.24) is 9.88 Å². The molecule has 0 bridgehead atoms. The molecule has 1 aliphatic rings. The number of aromatic nitrogens is 1. The van der Waals surface area contributed by atoms with Gasteiger partial charge in [-0.05, 0) is 54.0 Å².